The molecule has 0 heteroatoms. The van der Waals surface area contributed by atoms with Gasteiger partial charge in [0.1, 0.15) is 0 Å². The SMILES string of the molecule is c1ccc2cc(CCCC3CC3)ccc2c1. The second-order valence-corrected chi connectivity index (χ2v) is 5.02. The van der Waals surface area contributed by atoms with Gasteiger partial charge in [-0.1, -0.05) is 61.7 Å². The lowest BCUT2D eigenvalue weighted by atomic mass is 10.0. The molecule has 0 heterocycles. The van der Waals surface area contributed by atoms with E-state index in [2.05, 4.69) is 42.5 Å². The molecule has 1 aliphatic rings. The monoisotopic (exact) mass is 210 g/mol. The van der Waals surface area contributed by atoms with Crippen LogP contribution in [0.25, 0.3) is 10.8 Å². The Balaban J connectivity index is 1.71. The molecule has 0 aromatic heterocycles. The van der Waals surface area contributed by atoms with Gasteiger partial charge in [0.25, 0.3) is 0 Å². The van der Waals surface area contributed by atoms with E-state index in [1.807, 2.05) is 0 Å². The highest BCUT2D eigenvalue weighted by atomic mass is 14.3. The van der Waals surface area contributed by atoms with Crippen molar-refractivity contribution in [3.05, 3.63) is 48.0 Å². The summed E-state index contributed by atoms with van der Waals surface area (Å²) in [5.41, 5.74) is 1.50. The average Bonchev–Trinajstić information content (AvgIpc) is 3.13. The third-order valence-electron chi connectivity index (χ3n) is 3.59. The van der Waals surface area contributed by atoms with Crippen molar-refractivity contribution in [3.8, 4) is 0 Å². The van der Waals surface area contributed by atoms with E-state index in [1.54, 1.807) is 0 Å². The Morgan fingerprint density at radius 2 is 1.75 bits per heavy atom. The quantitative estimate of drug-likeness (QED) is 0.693. The lowest BCUT2D eigenvalue weighted by molar-refractivity contribution is 0.667. The average molecular weight is 210 g/mol. The highest BCUT2D eigenvalue weighted by Crippen LogP contribution is 2.33. The van der Waals surface area contributed by atoms with Crippen LogP contribution in [0.2, 0.25) is 0 Å². The van der Waals surface area contributed by atoms with Crippen molar-refractivity contribution < 1.29 is 0 Å². The lowest BCUT2D eigenvalue weighted by Crippen LogP contribution is -1.86. The zero-order chi connectivity index (χ0) is 10.8. The van der Waals surface area contributed by atoms with E-state index in [0.29, 0.717) is 0 Å². The predicted octanol–water partition coefficient (Wildman–Crippen LogP) is 4.57. The van der Waals surface area contributed by atoms with Gasteiger partial charge in [-0.25, -0.2) is 0 Å². The number of aryl methyl sites for hydroxylation is 1. The van der Waals surface area contributed by atoms with Crippen molar-refractivity contribution in [3.63, 3.8) is 0 Å². The van der Waals surface area contributed by atoms with E-state index < -0.39 is 0 Å². The molecule has 0 saturated heterocycles. The van der Waals surface area contributed by atoms with E-state index in [4.69, 9.17) is 0 Å². The summed E-state index contributed by atoms with van der Waals surface area (Å²) in [6, 6.07) is 15.5. The molecular weight excluding hydrogens is 192 g/mol. The van der Waals surface area contributed by atoms with Crippen LogP contribution in [0.1, 0.15) is 31.2 Å². The summed E-state index contributed by atoms with van der Waals surface area (Å²) in [5, 5.41) is 2.74. The molecule has 3 rings (SSSR count). The topological polar surface area (TPSA) is 0 Å². The molecule has 0 N–H and O–H groups in total. The van der Waals surface area contributed by atoms with Crippen LogP contribution < -0.4 is 0 Å². The first-order valence-corrected chi connectivity index (χ1v) is 6.39. The third kappa shape index (κ3) is 2.27. The highest BCUT2D eigenvalue weighted by molar-refractivity contribution is 5.82. The van der Waals surface area contributed by atoms with Crippen LogP contribution in [0, 0.1) is 5.92 Å². The molecule has 16 heavy (non-hydrogen) atoms. The minimum Gasteiger partial charge on any atom is -0.0616 e. The van der Waals surface area contributed by atoms with Crippen LogP contribution in [-0.2, 0) is 6.42 Å². The summed E-state index contributed by atoms with van der Waals surface area (Å²) in [7, 11) is 0. The van der Waals surface area contributed by atoms with E-state index in [0.717, 1.165) is 5.92 Å². The van der Waals surface area contributed by atoms with Gasteiger partial charge in [-0.2, -0.15) is 0 Å². The van der Waals surface area contributed by atoms with Gasteiger partial charge in [0.2, 0.25) is 0 Å². The zero-order valence-corrected chi connectivity index (χ0v) is 9.65. The molecule has 1 fully saturated rings. The zero-order valence-electron chi connectivity index (χ0n) is 9.65. The van der Waals surface area contributed by atoms with E-state index in [1.165, 1.54) is 48.4 Å². The fourth-order valence-corrected chi connectivity index (χ4v) is 2.40. The van der Waals surface area contributed by atoms with E-state index >= 15 is 0 Å². The number of rotatable bonds is 4. The van der Waals surface area contributed by atoms with Gasteiger partial charge in [0.15, 0.2) is 0 Å². The van der Waals surface area contributed by atoms with Gasteiger partial charge >= 0.3 is 0 Å². The van der Waals surface area contributed by atoms with Crippen molar-refractivity contribution in [2.24, 2.45) is 5.92 Å². The minimum absolute atomic E-state index is 1.07. The van der Waals surface area contributed by atoms with Gasteiger partial charge in [0.05, 0.1) is 0 Å². The van der Waals surface area contributed by atoms with Crippen LogP contribution in [0.15, 0.2) is 42.5 Å². The van der Waals surface area contributed by atoms with Gasteiger partial charge in [-0.15, -0.1) is 0 Å². The Morgan fingerprint density at radius 3 is 2.56 bits per heavy atom. The van der Waals surface area contributed by atoms with Gasteiger partial charge < -0.3 is 0 Å². The van der Waals surface area contributed by atoms with Crippen molar-refractivity contribution in [1.82, 2.24) is 0 Å². The fraction of sp³-hybridized carbons (Fsp3) is 0.375. The fourth-order valence-electron chi connectivity index (χ4n) is 2.40. The van der Waals surface area contributed by atoms with Gasteiger partial charge in [0, 0.05) is 0 Å². The molecule has 0 amide bonds. The summed E-state index contributed by atoms with van der Waals surface area (Å²) < 4.78 is 0. The van der Waals surface area contributed by atoms with Crippen LogP contribution in [0.3, 0.4) is 0 Å². The summed E-state index contributed by atoms with van der Waals surface area (Å²) >= 11 is 0. The normalized spacial score (nSPS) is 15.5. The van der Waals surface area contributed by atoms with Crippen molar-refractivity contribution in [1.29, 1.82) is 0 Å². The molecule has 0 aliphatic heterocycles. The maximum atomic E-state index is 2.35. The van der Waals surface area contributed by atoms with Crippen LogP contribution in [-0.4, -0.2) is 0 Å². The molecule has 0 bridgehead atoms. The standard InChI is InChI=1S/C16H18/c1-2-7-16-12-14(10-11-15(16)6-1)5-3-4-13-8-9-13/h1-2,6-7,10-13H,3-5,8-9H2. The molecule has 0 atom stereocenters. The molecule has 2 aromatic rings. The first-order valence-electron chi connectivity index (χ1n) is 6.39. The molecular formula is C16H18. The summed E-state index contributed by atoms with van der Waals surface area (Å²) in [6.07, 6.45) is 7.02. The largest absolute Gasteiger partial charge is 0.0616 e. The first kappa shape index (κ1) is 9.89. The first-order chi connectivity index (χ1) is 7.92. The third-order valence-corrected chi connectivity index (χ3v) is 3.59. The van der Waals surface area contributed by atoms with Crippen molar-refractivity contribution in [2.45, 2.75) is 32.1 Å². The number of benzene rings is 2. The Labute approximate surface area is 97.3 Å². The number of fused-ring (bicyclic) bond motifs is 1. The van der Waals surface area contributed by atoms with Crippen LogP contribution >= 0.6 is 0 Å². The Morgan fingerprint density at radius 1 is 0.938 bits per heavy atom. The number of hydrogen-bond donors (Lipinski definition) is 0. The molecule has 2 aromatic carbocycles. The Bertz CT molecular complexity index is 480. The Hall–Kier alpha value is -1.30. The molecule has 0 radical (unpaired) electrons. The summed E-state index contributed by atoms with van der Waals surface area (Å²) in [4.78, 5) is 0. The molecule has 1 saturated carbocycles. The van der Waals surface area contributed by atoms with Crippen LogP contribution in [0.5, 0.6) is 0 Å². The summed E-state index contributed by atoms with van der Waals surface area (Å²) in [5.74, 6) is 1.07. The Kier molecular flexibility index (Phi) is 2.65. The summed E-state index contributed by atoms with van der Waals surface area (Å²) in [6.45, 7) is 0. The minimum atomic E-state index is 1.07. The van der Waals surface area contributed by atoms with Gasteiger partial charge in [-0.05, 0) is 35.1 Å². The molecule has 0 nitrogen and oxygen atoms in total. The van der Waals surface area contributed by atoms with E-state index in [-0.39, 0.29) is 0 Å². The lowest BCUT2D eigenvalue weighted by Gasteiger charge is -2.03. The predicted molar refractivity (Wildman–Crippen MR) is 69.6 cm³/mol. The van der Waals surface area contributed by atoms with E-state index in [9.17, 15) is 0 Å². The molecule has 82 valence electrons. The second kappa shape index (κ2) is 4.29. The molecule has 0 unspecified atom stereocenters. The molecule has 1 aliphatic carbocycles. The van der Waals surface area contributed by atoms with Gasteiger partial charge in [-0.3, -0.25) is 0 Å². The maximum Gasteiger partial charge on any atom is -0.0181 e. The van der Waals surface area contributed by atoms with Crippen LogP contribution in [0.4, 0.5) is 0 Å². The van der Waals surface area contributed by atoms with Crippen molar-refractivity contribution >= 4 is 10.8 Å². The smallest absolute Gasteiger partial charge is 0.0181 e. The van der Waals surface area contributed by atoms with Crippen molar-refractivity contribution in [2.75, 3.05) is 0 Å². The highest BCUT2D eigenvalue weighted by Gasteiger charge is 2.19. The number of hydrogen-bond acceptors (Lipinski definition) is 0. The second-order valence-electron chi connectivity index (χ2n) is 5.02. The maximum absolute atomic E-state index is 2.35. The molecule has 0 spiro atoms.